The van der Waals surface area contributed by atoms with Gasteiger partial charge in [0.15, 0.2) is 0 Å². The van der Waals surface area contributed by atoms with Crippen LogP contribution in [0.15, 0.2) is 98.9 Å². The molecule has 0 aliphatic rings. The minimum atomic E-state index is -3.64. The second-order valence-electron chi connectivity index (χ2n) is 4.73. The Bertz CT molecular complexity index is 922. The first-order valence-corrected chi connectivity index (χ1v) is 8.44. The molecule has 0 unspecified atom stereocenters. The summed E-state index contributed by atoms with van der Waals surface area (Å²) in [7, 11) is -3.64. The van der Waals surface area contributed by atoms with Crippen LogP contribution >= 0.6 is 0 Å². The zero-order chi connectivity index (χ0) is 16.1. The Hall–Kier alpha value is -2.79. The van der Waals surface area contributed by atoms with Crippen molar-refractivity contribution in [3.8, 4) is 0 Å². The van der Waals surface area contributed by atoms with Crippen LogP contribution in [0.3, 0.4) is 0 Å². The smallest absolute Gasteiger partial charge is 0.208 e. The molecule has 0 bridgehead atoms. The number of nitrogens with zero attached hydrogens (tertiary/aromatic N) is 2. The van der Waals surface area contributed by atoms with E-state index in [0.29, 0.717) is 11.4 Å². The standard InChI is InChI=1S/C18H13N2O2S/c21-23(22,16-11-5-2-6-12-16)18-14-8-7-13-17(18)20-19-15-9-3-1-4-10-15/h1-9,11-14H/b20-19+. The third kappa shape index (κ3) is 3.35. The Morgan fingerprint density at radius 1 is 0.739 bits per heavy atom. The predicted molar refractivity (Wildman–Crippen MR) is 87.8 cm³/mol. The SMILES string of the molecule is O=S(=O)(c1ccccc1)c1ccccc1/N=N/c1[c]cccc1. The van der Waals surface area contributed by atoms with E-state index in [-0.39, 0.29) is 9.79 Å². The van der Waals surface area contributed by atoms with Crippen LogP contribution in [0.5, 0.6) is 0 Å². The molecule has 0 spiro atoms. The summed E-state index contributed by atoms with van der Waals surface area (Å²) in [6.45, 7) is 0. The van der Waals surface area contributed by atoms with Gasteiger partial charge >= 0.3 is 0 Å². The monoisotopic (exact) mass is 321 g/mol. The molecule has 0 aromatic heterocycles. The second-order valence-corrected chi connectivity index (χ2v) is 6.65. The molecule has 0 N–H and O–H groups in total. The Kier molecular flexibility index (Phi) is 4.30. The van der Waals surface area contributed by atoms with Crippen LogP contribution in [0, 0.1) is 6.07 Å². The summed E-state index contributed by atoms with van der Waals surface area (Å²) in [5.74, 6) is 0. The average molecular weight is 321 g/mol. The Morgan fingerprint density at radius 2 is 1.43 bits per heavy atom. The van der Waals surface area contributed by atoms with E-state index in [1.807, 2.05) is 12.1 Å². The molecule has 23 heavy (non-hydrogen) atoms. The van der Waals surface area contributed by atoms with Gasteiger partial charge in [-0.2, -0.15) is 0 Å². The van der Waals surface area contributed by atoms with Crippen LogP contribution in [0.2, 0.25) is 0 Å². The van der Waals surface area contributed by atoms with Gasteiger partial charge in [0.1, 0.15) is 5.69 Å². The molecule has 0 saturated carbocycles. The lowest BCUT2D eigenvalue weighted by Gasteiger charge is -2.06. The minimum Gasteiger partial charge on any atom is -0.218 e. The van der Waals surface area contributed by atoms with Gasteiger partial charge in [-0.05, 0) is 30.3 Å². The van der Waals surface area contributed by atoms with Gasteiger partial charge in [-0.25, -0.2) is 8.42 Å². The third-order valence-electron chi connectivity index (χ3n) is 3.17. The number of hydrogen-bond acceptors (Lipinski definition) is 4. The lowest BCUT2D eigenvalue weighted by atomic mass is 10.3. The lowest BCUT2D eigenvalue weighted by Crippen LogP contribution is -2.01. The summed E-state index contributed by atoms with van der Waals surface area (Å²) in [6, 6.07) is 24.9. The van der Waals surface area contributed by atoms with Crippen molar-refractivity contribution in [2.45, 2.75) is 9.79 Å². The van der Waals surface area contributed by atoms with Crippen molar-refractivity contribution in [3.63, 3.8) is 0 Å². The zero-order valence-electron chi connectivity index (χ0n) is 12.1. The minimum absolute atomic E-state index is 0.130. The number of azo groups is 1. The molecule has 0 saturated heterocycles. The van der Waals surface area contributed by atoms with Gasteiger partial charge < -0.3 is 0 Å². The fraction of sp³-hybridized carbons (Fsp3) is 0. The third-order valence-corrected chi connectivity index (χ3v) is 4.98. The van der Waals surface area contributed by atoms with Crippen LogP contribution in [0.25, 0.3) is 0 Å². The molecular formula is C18H13N2O2S. The van der Waals surface area contributed by atoms with E-state index in [1.165, 1.54) is 6.07 Å². The maximum Gasteiger partial charge on any atom is 0.208 e. The molecule has 0 atom stereocenters. The fourth-order valence-electron chi connectivity index (χ4n) is 2.05. The highest BCUT2D eigenvalue weighted by Crippen LogP contribution is 2.30. The highest BCUT2D eigenvalue weighted by molar-refractivity contribution is 7.91. The summed E-state index contributed by atoms with van der Waals surface area (Å²) >= 11 is 0. The summed E-state index contributed by atoms with van der Waals surface area (Å²) in [5, 5.41) is 8.13. The Labute approximate surface area is 135 Å². The van der Waals surface area contributed by atoms with Gasteiger partial charge in [0.05, 0.1) is 15.5 Å². The maximum absolute atomic E-state index is 12.8. The van der Waals surface area contributed by atoms with E-state index in [2.05, 4.69) is 16.3 Å². The molecular weight excluding hydrogens is 308 g/mol. The fourth-order valence-corrected chi connectivity index (χ4v) is 3.46. The van der Waals surface area contributed by atoms with Gasteiger partial charge in [0, 0.05) is 6.07 Å². The topological polar surface area (TPSA) is 58.9 Å². The van der Waals surface area contributed by atoms with E-state index in [0.717, 1.165) is 0 Å². The number of rotatable bonds is 4. The normalized spacial score (nSPS) is 11.7. The number of hydrogen-bond donors (Lipinski definition) is 0. The molecule has 113 valence electrons. The van der Waals surface area contributed by atoms with E-state index in [1.54, 1.807) is 60.7 Å². The second kappa shape index (κ2) is 6.54. The molecule has 3 aromatic carbocycles. The Balaban J connectivity index is 2.04. The first kappa shape index (κ1) is 15.1. The van der Waals surface area contributed by atoms with E-state index >= 15 is 0 Å². The van der Waals surface area contributed by atoms with Gasteiger partial charge in [-0.15, -0.1) is 10.2 Å². The summed E-state index contributed by atoms with van der Waals surface area (Å²) in [4.78, 5) is 0.361. The van der Waals surface area contributed by atoms with Crippen molar-refractivity contribution in [3.05, 3.63) is 84.9 Å². The quantitative estimate of drug-likeness (QED) is 0.652. The van der Waals surface area contributed by atoms with Crippen LogP contribution in [0.1, 0.15) is 0 Å². The number of sulfone groups is 1. The van der Waals surface area contributed by atoms with Crippen molar-refractivity contribution < 1.29 is 8.42 Å². The van der Waals surface area contributed by atoms with Crippen LogP contribution in [-0.2, 0) is 9.84 Å². The van der Waals surface area contributed by atoms with E-state index in [4.69, 9.17) is 0 Å². The number of benzene rings is 3. The van der Waals surface area contributed by atoms with E-state index in [9.17, 15) is 8.42 Å². The largest absolute Gasteiger partial charge is 0.218 e. The molecule has 0 fully saturated rings. The molecule has 0 aliphatic carbocycles. The highest BCUT2D eigenvalue weighted by atomic mass is 32.2. The highest BCUT2D eigenvalue weighted by Gasteiger charge is 2.20. The van der Waals surface area contributed by atoms with Crippen molar-refractivity contribution in [2.24, 2.45) is 10.2 Å². The summed E-state index contributed by atoms with van der Waals surface area (Å²) in [5.41, 5.74) is 0.841. The van der Waals surface area contributed by atoms with Crippen molar-refractivity contribution in [2.75, 3.05) is 0 Å². The molecule has 3 aromatic rings. The first-order valence-electron chi connectivity index (χ1n) is 6.95. The summed E-state index contributed by atoms with van der Waals surface area (Å²) in [6.07, 6.45) is 0. The van der Waals surface area contributed by atoms with Crippen molar-refractivity contribution in [1.82, 2.24) is 0 Å². The van der Waals surface area contributed by atoms with Gasteiger partial charge in [-0.1, -0.05) is 48.5 Å². The molecule has 0 amide bonds. The van der Waals surface area contributed by atoms with Gasteiger partial charge in [-0.3, -0.25) is 0 Å². The molecule has 0 heterocycles. The van der Waals surface area contributed by atoms with Crippen LogP contribution in [0.4, 0.5) is 11.4 Å². The Morgan fingerprint density at radius 3 is 2.17 bits per heavy atom. The lowest BCUT2D eigenvalue weighted by molar-refractivity contribution is 0.596. The van der Waals surface area contributed by atoms with Gasteiger partial charge in [0.2, 0.25) is 9.84 Å². The molecule has 5 heteroatoms. The van der Waals surface area contributed by atoms with Crippen molar-refractivity contribution in [1.29, 1.82) is 0 Å². The zero-order valence-corrected chi connectivity index (χ0v) is 12.9. The molecule has 4 nitrogen and oxygen atoms in total. The van der Waals surface area contributed by atoms with Gasteiger partial charge in [0.25, 0.3) is 0 Å². The van der Waals surface area contributed by atoms with Crippen LogP contribution in [-0.4, -0.2) is 8.42 Å². The van der Waals surface area contributed by atoms with E-state index < -0.39 is 9.84 Å². The molecule has 1 radical (unpaired) electrons. The predicted octanol–water partition coefficient (Wildman–Crippen LogP) is 4.73. The average Bonchev–Trinajstić information content (AvgIpc) is 2.62. The van der Waals surface area contributed by atoms with Crippen molar-refractivity contribution >= 4 is 21.2 Å². The maximum atomic E-state index is 12.8. The first-order chi connectivity index (χ1) is 11.2. The summed E-state index contributed by atoms with van der Waals surface area (Å²) < 4.78 is 25.5. The molecule has 0 aliphatic heterocycles. The molecule has 3 rings (SSSR count). The van der Waals surface area contributed by atoms with Crippen LogP contribution < -0.4 is 0 Å².